The molecular weight excluding hydrogens is 206 g/mol. The lowest BCUT2D eigenvalue weighted by molar-refractivity contribution is 1.36. The molecule has 0 atom stereocenters. The normalized spacial score (nSPS) is 10.6. The van der Waals surface area contributed by atoms with Gasteiger partial charge in [0.2, 0.25) is 0 Å². The number of nitrogens with two attached hydrogens (primary N) is 1. The molecule has 2 aromatic heterocycles. The lowest BCUT2D eigenvalue weighted by Crippen LogP contribution is -1.88. The number of aromatic nitrogens is 2. The largest absolute Gasteiger partial charge is 0.383 e. The summed E-state index contributed by atoms with van der Waals surface area (Å²) in [6.07, 6.45) is 3.53. The molecule has 0 fully saturated rings. The second-order valence-electron chi connectivity index (χ2n) is 2.26. The number of nitrogen functional groups attached to an aromatic ring is 1. The smallest absolute Gasteiger partial charge is 0.133 e. The summed E-state index contributed by atoms with van der Waals surface area (Å²) in [6.45, 7) is 0. The number of halogens is 1. The number of hydrogen-bond donors (Lipinski definition) is 2. The number of hydrogen-bond acceptors (Lipinski definition) is 2. The first-order chi connectivity index (χ1) is 5.29. The van der Waals surface area contributed by atoms with Crippen molar-refractivity contribution in [2.24, 2.45) is 0 Å². The second kappa shape index (κ2) is 2.23. The van der Waals surface area contributed by atoms with Crippen molar-refractivity contribution >= 4 is 32.7 Å². The summed E-state index contributed by atoms with van der Waals surface area (Å²) in [6, 6.07) is 1.89. The SMILES string of the molecule is Nc1nccc2[nH]cc(Br)c12. The van der Waals surface area contributed by atoms with Crippen LogP contribution in [0.1, 0.15) is 0 Å². The van der Waals surface area contributed by atoms with Crippen molar-refractivity contribution in [3.8, 4) is 0 Å². The third-order valence-electron chi connectivity index (χ3n) is 1.57. The van der Waals surface area contributed by atoms with E-state index in [9.17, 15) is 0 Å². The van der Waals surface area contributed by atoms with Crippen LogP contribution in [-0.4, -0.2) is 9.97 Å². The maximum Gasteiger partial charge on any atom is 0.133 e. The summed E-state index contributed by atoms with van der Waals surface area (Å²) in [5.74, 6) is 0.552. The minimum Gasteiger partial charge on any atom is -0.383 e. The lowest BCUT2D eigenvalue weighted by atomic mass is 10.3. The zero-order chi connectivity index (χ0) is 7.84. The van der Waals surface area contributed by atoms with Crippen molar-refractivity contribution in [1.82, 2.24) is 9.97 Å². The summed E-state index contributed by atoms with van der Waals surface area (Å²) in [5.41, 5.74) is 6.64. The number of nitrogens with zero attached hydrogens (tertiary/aromatic N) is 1. The number of fused-ring (bicyclic) bond motifs is 1. The molecule has 2 rings (SSSR count). The molecule has 0 saturated carbocycles. The summed E-state index contributed by atoms with van der Waals surface area (Å²) in [7, 11) is 0. The van der Waals surface area contributed by atoms with E-state index in [1.165, 1.54) is 0 Å². The van der Waals surface area contributed by atoms with Crippen molar-refractivity contribution in [2.45, 2.75) is 0 Å². The van der Waals surface area contributed by atoms with Crippen molar-refractivity contribution < 1.29 is 0 Å². The van der Waals surface area contributed by atoms with Gasteiger partial charge < -0.3 is 10.7 Å². The molecule has 0 saturated heterocycles. The maximum absolute atomic E-state index is 5.64. The summed E-state index contributed by atoms with van der Waals surface area (Å²) in [4.78, 5) is 7.03. The summed E-state index contributed by atoms with van der Waals surface area (Å²) in [5, 5.41) is 0.951. The fraction of sp³-hybridized carbons (Fsp3) is 0. The number of pyridine rings is 1. The molecule has 0 spiro atoms. The molecule has 11 heavy (non-hydrogen) atoms. The zero-order valence-corrected chi connectivity index (χ0v) is 7.22. The standard InChI is InChI=1S/C7H6BrN3/c8-4-3-11-5-1-2-10-7(9)6(4)5/h1-3,11H,(H2,9,10). The highest BCUT2D eigenvalue weighted by atomic mass is 79.9. The molecule has 0 aliphatic rings. The molecule has 0 amide bonds. The van der Waals surface area contributed by atoms with Crippen molar-refractivity contribution in [3.05, 3.63) is 22.9 Å². The Hall–Kier alpha value is -1.03. The topological polar surface area (TPSA) is 54.7 Å². The minimum absolute atomic E-state index is 0.552. The first kappa shape index (κ1) is 6.67. The van der Waals surface area contributed by atoms with Crippen LogP contribution in [0.25, 0.3) is 10.9 Å². The number of H-pyrrole nitrogens is 1. The third-order valence-corrected chi connectivity index (χ3v) is 2.20. The summed E-state index contributed by atoms with van der Waals surface area (Å²) < 4.78 is 0.957. The van der Waals surface area contributed by atoms with Crippen LogP contribution in [0.5, 0.6) is 0 Å². The van der Waals surface area contributed by atoms with Gasteiger partial charge in [-0.15, -0.1) is 0 Å². The number of aromatic amines is 1. The quantitative estimate of drug-likeness (QED) is 0.700. The first-order valence-corrected chi connectivity index (χ1v) is 3.95. The highest BCUT2D eigenvalue weighted by Gasteiger charge is 2.03. The van der Waals surface area contributed by atoms with Gasteiger partial charge in [0.1, 0.15) is 5.82 Å². The van der Waals surface area contributed by atoms with Gasteiger partial charge in [-0.3, -0.25) is 0 Å². The number of anilines is 1. The van der Waals surface area contributed by atoms with Crippen LogP contribution >= 0.6 is 15.9 Å². The third kappa shape index (κ3) is 0.903. The lowest BCUT2D eigenvalue weighted by Gasteiger charge is -1.93. The van der Waals surface area contributed by atoms with Crippen LogP contribution in [0.3, 0.4) is 0 Å². The summed E-state index contributed by atoms with van der Waals surface area (Å²) >= 11 is 3.37. The van der Waals surface area contributed by atoms with E-state index in [1.807, 2.05) is 12.3 Å². The van der Waals surface area contributed by atoms with Gasteiger partial charge in [0.15, 0.2) is 0 Å². The Balaban J connectivity index is 2.96. The highest BCUT2D eigenvalue weighted by Crippen LogP contribution is 2.26. The number of nitrogens with one attached hydrogen (secondary N) is 1. The van der Waals surface area contributed by atoms with E-state index in [1.54, 1.807) is 6.20 Å². The molecule has 0 aliphatic carbocycles. The van der Waals surface area contributed by atoms with Gasteiger partial charge in [0.05, 0.1) is 10.9 Å². The van der Waals surface area contributed by atoms with Crippen molar-refractivity contribution in [2.75, 3.05) is 5.73 Å². The Morgan fingerprint density at radius 2 is 2.36 bits per heavy atom. The van der Waals surface area contributed by atoms with Crippen molar-refractivity contribution in [1.29, 1.82) is 0 Å². The van der Waals surface area contributed by atoms with E-state index in [2.05, 4.69) is 25.9 Å². The molecule has 0 radical (unpaired) electrons. The molecular formula is C7H6BrN3. The van der Waals surface area contributed by atoms with E-state index < -0.39 is 0 Å². The Bertz CT molecular complexity index is 393. The van der Waals surface area contributed by atoms with Gasteiger partial charge in [-0.2, -0.15) is 0 Å². The maximum atomic E-state index is 5.64. The van der Waals surface area contributed by atoms with Crippen molar-refractivity contribution in [3.63, 3.8) is 0 Å². The Morgan fingerprint density at radius 3 is 3.09 bits per heavy atom. The molecule has 2 heterocycles. The predicted molar refractivity (Wildman–Crippen MR) is 48.2 cm³/mol. The molecule has 0 bridgehead atoms. The average Bonchev–Trinajstić information content (AvgIpc) is 2.34. The van der Waals surface area contributed by atoms with Crippen LogP contribution in [0.2, 0.25) is 0 Å². The Kier molecular flexibility index (Phi) is 1.35. The fourth-order valence-electron chi connectivity index (χ4n) is 1.06. The minimum atomic E-state index is 0.552. The second-order valence-corrected chi connectivity index (χ2v) is 3.11. The van der Waals surface area contributed by atoms with Gasteiger partial charge in [0, 0.05) is 16.9 Å². The Morgan fingerprint density at radius 1 is 1.55 bits per heavy atom. The van der Waals surface area contributed by atoms with Crippen LogP contribution in [0.15, 0.2) is 22.9 Å². The van der Waals surface area contributed by atoms with Gasteiger partial charge in [-0.25, -0.2) is 4.98 Å². The molecule has 56 valence electrons. The van der Waals surface area contributed by atoms with Crippen LogP contribution in [-0.2, 0) is 0 Å². The molecule has 3 nitrogen and oxygen atoms in total. The molecule has 0 unspecified atom stereocenters. The van der Waals surface area contributed by atoms with Gasteiger partial charge in [-0.1, -0.05) is 0 Å². The van der Waals surface area contributed by atoms with Gasteiger partial charge in [0.25, 0.3) is 0 Å². The molecule has 0 aliphatic heterocycles. The molecule has 4 heteroatoms. The monoisotopic (exact) mass is 211 g/mol. The van der Waals surface area contributed by atoms with E-state index in [0.717, 1.165) is 15.4 Å². The van der Waals surface area contributed by atoms with E-state index >= 15 is 0 Å². The van der Waals surface area contributed by atoms with Crippen LogP contribution < -0.4 is 5.73 Å². The Labute approximate surface area is 71.7 Å². The molecule has 0 aromatic carbocycles. The number of rotatable bonds is 0. The van der Waals surface area contributed by atoms with Gasteiger partial charge >= 0.3 is 0 Å². The average molecular weight is 212 g/mol. The molecule has 2 aromatic rings. The fourth-order valence-corrected chi connectivity index (χ4v) is 1.59. The zero-order valence-electron chi connectivity index (χ0n) is 5.63. The highest BCUT2D eigenvalue weighted by molar-refractivity contribution is 9.10. The molecule has 3 N–H and O–H groups in total. The van der Waals surface area contributed by atoms with E-state index in [-0.39, 0.29) is 0 Å². The van der Waals surface area contributed by atoms with E-state index in [4.69, 9.17) is 5.73 Å². The van der Waals surface area contributed by atoms with Crippen LogP contribution in [0.4, 0.5) is 5.82 Å². The first-order valence-electron chi connectivity index (χ1n) is 3.16. The van der Waals surface area contributed by atoms with E-state index in [0.29, 0.717) is 5.82 Å². The van der Waals surface area contributed by atoms with Crippen LogP contribution in [0, 0.1) is 0 Å². The predicted octanol–water partition coefficient (Wildman–Crippen LogP) is 1.91. The van der Waals surface area contributed by atoms with Gasteiger partial charge in [-0.05, 0) is 22.0 Å².